The quantitative estimate of drug-likeness (QED) is 0.556. The van der Waals surface area contributed by atoms with Crippen molar-refractivity contribution >= 4 is 27.5 Å². The largest absolute Gasteiger partial charge is 0.351 e. The Bertz CT molecular complexity index is 880. The Labute approximate surface area is 165 Å². The first-order valence-corrected chi connectivity index (χ1v) is 10.6. The van der Waals surface area contributed by atoms with Crippen LogP contribution in [-0.2, 0) is 6.54 Å². The first kappa shape index (κ1) is 19.6. The van der Waals surface area contributed by atoms with E-state index in [0.29, 0.717) is 0 Å². The first-order chi connectivity index (χ1) is 13.1. The molecule has 0 aliphatic rings. The molecular weight excluding hydrogens is 356 g/mol. The van der Waals surface area contributed by atoms with Gasteiger partial charge in [0.15, 0.2) is 0 Å². The molecule has 2 N–H and O–H groups in total. The fourth-order valence-electron chi connectivity index (χ4n) is 3.32. The molecule has 27 heavy (non-hydrogen) atoms. The number of carbonyl (C=O) groups is 1. The zero-order valence-corrected chi connectivity index (χ0v) is 17.2. The lowest BCUT2D eigenvalue weighted by atomic mass is 10.2. The van der Waals surface area contributed by atoms with Crippen LogP contribution in [0.25, 0.3) is 10.2 Å². The summed E-state index contributed by atoms with van der Waals surface area (Å²) in [6.07, 6.45) is 1.01. The highest BCUT2D eigenvalue weighted by Gasteiger charge is 2.16. The number of carbonyl (C=O) groups excluding carboxylic acids is 1. The van der Waals surface area contributed by atoms with Crippen molar-refractivity contribution < 1.29 is 9.69 Å². The van der Waals surface area contributed by atoms with Crippen molar-refractivity contribution in [3.05, 3.63) is 52.5 Å². The number of nitrogens with one attached hydrogen (secondary N) is 2. The molecule has 0 saturated heterocycles. The SMILES string of the molecule is CC[NH+](CC)CCCNC(=O)c1cc2c(C)nn(Cc3ccccc3)c2s1. The Kier molecular flexibility index (Phi) is 6.63. The van der Waals surface area contributed by atoms with E-state index in [-0.39, 0.29) is 5.91 Å². The van der Waals surface area contributed by atoms with Crippen LogP contribution >= 0.6 is 11.3 Å². The molecule has 6 heteroatoms. The predicted octanol–water partition coefficient (Wildman–Crippen LogP) is 2.50. The van der Waals surface area contributed by atoms with Crippen molar-refractivity contribution in [3.8, 4) is 0 Å². The van der Waals surface area contributed by atoms with Crippen LogP contribution in [-0.4, -0.2) is 41.9 Å². The highest BCUT2D eigenvalue weighted by Crippen LogP contribution is 2.28. The third-order valence-corrected chi connectivity index (χ3v) is 6.15. The zero-order valence-electron chi connectivity index (χ0n) is 16.4. The van der Waals surface area contributed by atoms with Crippen LogP contribution in [0, 0.1) is 6.92 Å². The molecule has 0 atom stereocenters. The van der Waals surface area contributed by atoms with Gasteiger partial charge in [-0.3, -0.25) is 9.48 Å². The molecule has 1 aromatic carbocycles. The van der Waals surface area contributed by atoms with Crippen molar-refractivity contribution in [2.45, 2.75) is 33.7 Å². The van der Waals surface area contributed by atoms with Crippen molar-refractivity contribution in [1.29, 1.82) is 0 Å². The van der Waals surface area contributed by atoms with E-state index in [1.165, 1.54) is 16.9 Å². The number of fused-ring (bicyclic) bond motifs is 1. The Morgan fingerprint density at radius 1 is 1.22 bits per heavy atom. The van der Waals surface area contributed by atoms with Gasteiger partial charge in [0, 0.05) is 18.4 Å². The second kappa shape index (κ2) is 9.15. The van der Waals surface area contributed by atoms with Crippen molar-refractivity contribution in [2.24, 2.45) is 0 Å². The Morgan fingerprint density at radius 3 is 2.67 bits per heavy atom. The van der Waals surface area contributed by atoms with Crippen LogP contribution in [0.2, 0.25) is 0 Å². The van der Waals surface area contributed by atoms with Crippen LogP contribution in [0.15, 0.2) is 36.4 Å². The highest BCUT2D eigenvalue weighted by molar-refractivity contribution is 7.20. The van der Waals surface area contributed by atoms with E-state index in [2.05, 4.69) is 36.4 Å². The lowest BCUT2D eigenvalue weighted by molar-refractivity contribution is -0.896. The number of nitrogens with zero attached hydrogens (tertiary/aromatic N) is 2. The van der Waals surface area contributed by atoms with Gasteiger partial charge in [0.1, 0.15) is 4.83 Å². The van der Waals surface area contributed by atoms with Crippen molar-refractivity contribution in [1.82, 2.24) is 15.1 Å². The first-order valence-electron chi connectivity index (χ1n) is 9.75. The summed E-state index contributed by atoms with van der Waals surface area (Å²) in [5.74, 6) is 0.0245. The van der Waals surface area contributed by atoms with E-state index >= 15 is 0 Å². The van der Waals surface area contributed by atoms with Gasteiger partial charge in [-0.2, -0.15) is 5.10 Å². The summed E-state index contributed by atoms with van der Waals surface area (Å²) in [6, 6.07) is 12.3. The number of aromatic nitrogens is 2. The molecule has 1 amide bonds. The van der Waals surface area contributed by atoms with Gasteiger partial charge in [-0.15, -0.1) is 11.3 Å². The van der Waals surface area contributed by atoms with Gasteiger partial charge in [0.05, 0.1) is 36.8 Å². The normalized spacial score (nSPS) is 11.4. The van der Waals surface area contributed by atoms with Crippen molar-refractivity contribution in [3.63, 3.8) is 0 Å². The van der Waals surface area contributed by atoms with Gasteiger partial charge in [-0.25, -0.2) is 0 Å². The number of amides is 1. The summed E-state index contributed by atoms with van der Waals surface area (Å²) >= 11 is 1.53. The average Bonchev–Trinajstić information content (AvgIpc) is 3.24. The molecule has 3 aromatic rings. The number of thiophene rings is 1. The minimum absolute atomic E-state index is 0.0245. The van der Waals surface area contributed by atoms with Crippen LogP contribution in [0.4, 0.5) is 0 Å². The summed E-state index contributed by atoms with van der Waals surface area (Å²) in [6.45, 7) is 11.2. The standard InChI is InChI=1S/C21H28N4OS/c1-4-24(5-2)13-9-12-22-20(26)19-14-18-16(3)23-25(21(18)27-19)15-17-10-7-6-8-11-17/h6-8,10-11,14H,4-5,9,12-13,15H2,1-3H3,(H,22,26)/p+1. The number of benzene rings is 1. The molecule has 0 aliphatic carbocycles. The molecule has 0 saturated carbocycles. The minimum Gasteiger partial charge on any atom is -0.351 e. The molecule has 0 unspecified atom stereocenters. The molecule has 0 radical (unpaired) electrons. The summed E-state index contributed by atoms with van der Waals surface area (Å²) in [5, 5.41) is 8.80. The number of quaternary nitrogens is 1. The lowest BCUT2D eigenvalue weighted by Crippen LogP contribution is -3.11. The third-order valence-electron chi connectivity index (χ3n) is 5.00. The van der Waals surface area contributed by atoms with E-state index < -0.39 is 0 Å². The second-order valence-corrected chi connectivity index (χ2v) is 7.91. The highest BCUT2D eigenvalue weighted by atomic mass is 32.1. The zero-order chi connectivity index (χ0) is 19.2. The maximum Gasteiger partial charge on any atom is 0.261 e. The molecule has 0 spiro atoms. The molecule has 5 nitrogen and oxygen atoms in total. The van der Waals surface area contributed by atoms with E-state index in [0.717, 1.165) is 59.9 Å². The van der Waals surface area contributed by atoms with Crippen LogP contribution < -0.4 is 10.2 Å². The van der Waals surface area contributed by atoms with Gasteiger partial charge in [-0.1, -0.05) is 30.3 Å². The number of hydrogen-bond donors (Lipinski definition) is 2. The molecule has 2 aromatic heterocycles. The molecule has 0 bridgehead atoms. The molecule has 3 rings (SSSR count). The van der Waals surface area contributed by atoms with E-state index in [9.17, 15) is 4.79 Å². The van der Waals surface area contributed by atoms with Gasteiger partial charge < -0.3 is 10.2 Å². The van der Waals surface area contributed by atoms with E-state index in [1.807, 2.05) is 35.9 Å². The summed E-state index contributed by atoms with van der Waals surface area (Å²) < 4.78 is 2.01. The molecule has 0 fully saturated rings. The molecule has 144 valence electrons. The predicted molar refractivity (Wildman–Crippen MR) is 112 cm³/mol. The summed E-state index contributed by atoms with van der Waals surface area (Å²) in [4.78, 5) is 15.9. The monoisotopic (exact) mass is 385 g/mol. The average molecular weight is 386 g/mol. The Balaban J connectivity index is 1.65. The minimum atomic E-state index is 0.0245. The fourth-order valence-corrected chi connectivity index (χ4v) is 4.40. The van der Waals surface area contributed by atoms with Crippen LogP contribution in [0.1, 0.15) is 41.2 Å². The van der Waals surface area contributed by atoms with E-state index in [4.69, 9.17) is 0 Å². The van der Waals surface area contributed by atoms with Crippen LogP contribution in [0.3, 0.4) is 0 Å². The number of hydrogen-bond acceptors (Lipinski definition) is 3. The maximum atomic E-state index is 12.5. The number of aryl methyl sites for hydroxylation is 1. The summed E-state index contributed by atoms with van der Waals surface area (Å²) in [7, 11) is 0. The Hall–Kier alpha value is -2.18. The fraction of sp³-hybridized carbons (Fsp3) is 0.429. The number of rotatable bonds is 9. The van der Waals surface area contributed by atoms with E-state index in [1.54, 1.807) is 4.90 Å². The summed E-state index contributed by atoms with van der Waals surface area (Å²) in [5.41, 5.74) is 2.18. The maximum absolute atomic E-state index is 12.5. The van der Waals surface area contributed by atoms with Gasteiger partial charge >= 0.3 is 0 Å². The van der Waals surface area contributed by atoms with Crippen LogP contribution in [0.5, 0.6) is 0 Å². The Morgan fingerprint density at radius 2 is 1.96 bits per heavy atom. The molecule has 2 heterocycles. The third kappa shape index (κ3) is 4.76. The van der Waals surface area contributed by atoms with Crippen molar-refractivity contribution in [2.75, 3.05) is 26.2 Å². The van der Waals surface area contributed by atoms with Gasteiger partial charge in [0.25, 0.3) is 5.91 Å². The van der Waals surface area contributed by atoms with Gasteiger partial charge in [-0.05, 0) is 32.4 Å². The molecule has 0 aliphatic heterocycles. The topological polar surface area (TPSA) is 51.4 Å². The smallest absolute Gasteiger partial charge is 0.261 e. The van der Waals surface area contributed by atoms with Gasteiger partial charge in [0.2, 0.25) is 0 Å². The lowest BCUT2D eigenvalue weighted by Gasteiger charge is -2.14. The molecular formula is C21H29N4OS+. The second-order valence-electron chi connectivity index (χ2n) is 6.87.